The molecule has 1 heterocycles. The second-order valence-electron chi connectivity index (χ2n) is 5.11. The number of nitrogens with zero attached hydrogens (tertiary/aromatic N) is 4. The van der Waals surface area contributed by atoms with Crippen LogP contribution in [0, 0.1) is 0 Å². The Kier molecular flexibility index (Phi) is 4.98. The lowest BCUT2D eigenvalue weighted by Gasteiger charge is -2.12. The number of rotatable bonds is 5. The molecule has 112 valence electrons. The van der Waals surface area contributed by atoms with Crippen LogP contribution in [0.25, 0.3) is 0 Å². The van der Waals surface area contributed by atoms with Gasteiger partial charge in [-0.25, -0.2) is 5.84 Å². The van der Waals surface area contributed by atoms with Gasteiger partial charge in [0.2, 0.25) is 11.9 Å². The first-order chi connectivity index (χ1) is 9.99. The molecule has 0 amide bonds. The average molecular weight is 304 g/mol. The Morgan fingerprint density at radius 3 is 2.29 bits per heavy atom. The van der Waals surface area contributed by atoms with E-state index >= 15 is 0 Å². The van der Waals surface area contributed by atoms with Crippen LogP contribution >= 0.6 is 11.8 Å². The van der Waals surface area contributed by atoms with E-state index in [4.69, 9.17) is 5.84 Å². The van der Waals surface area contributed by atoms with Crippen LogP contribution in [0.4, 0.5) is 11.9 Å². The summed E-state index contributed by atoms with van der Waals surface area (Å²) in [5.74, 6) is 6.85. The second-order valence-corrected chi connectivity index (χ2v) is 6.15. The maximum Gasteiger partial charge on any atom is 0.242 e. The van der Waals surface area contributed by atoms with E-state index in [2.05, 4.69) is 58.5 Å². The van der Waals surface area contributed by atoms with Gasteiger partial charge in [-0.05, 0) is 35.4 Å². The molecule has 2 rings (SSSR count). The zero-order chi connectivity index (χ0) is 15.4. The molecule has 0 saturated carbocycles. The van der Waals surface area contributed by atoms with Crippen molar-refractivity contribution >= 4 is 23.7 Å². The maximum absolute atomic E-state index is 5.40. The van der Waals surface area contributed by atoms with E-state index in [0.717, 1.165) is 4.90 Å². The Bertz CT molecular complexity index is 597. The molecule has 3 N–H and O–H groups in total. The summed E-state index contributed by atoms with van der Waals surface area (Å²) in [4.78, 5) is 15.8. The minimum absolute atomic E-state index is 0.356. The molecule has 0 aliphatic carbocycles. The normalized spacial score (nSPS) is 10.8. The lowest BCUT2D eigenvalue weighted by Crippen LogP contribution is -2.17. The van der Waals surface area contributed by atoms with Gasteiger partial charge in [0.05, 0.1) is 0 Å². The molecule has 0 radical (unpaired) electrons. The largest absolute Gasteiger partial charge is 0.347 e. The Morgan fingerprint density at radius 2 is 1.76 bits per heavy atom. The van der Waals surface area contributed by atoms with Crippen LogP contribution in [0.3, 0.4) is 0 Å². The highest BCUT2D eigenvalue weighted by Crippen LogP contribution is 2.27. The molecular formula is C14H20N6S. The third kappa shape index (κ3) is 4.05. The Balaban J connectivity index is 2.24. The summed E-state index contributed by atoms with van der Waals surface area (Å²) in [5.41, 5.74) is 3.78. The maximum atomic E-state index is 5.40. The monoisotopic (exact) mass is 304 g/mol. The molecule has 1 aromatic heterocycles. The van der Waals surface area contributed by atoms with E-state index in [9.17, 15) is 0 Å². The standard InChI is InChI=1S/C14H20N6S/c1-9(2)10-5-7-11(8-6-10)21-14-17-12(19-15)16-13(18-14)20(3)4/h5-9H,15H2,1-4H3,(H,16,17,18,19). The van der Waals surface area contributed by atoms with Gasteiger partial charge in [0.15, 0.2) is 5.16 Å². The van der Waals surface area contributed by atoms with Crippen LogP contribution in [0.15, 0.2) is 34.3 Å². The first-order valence-corrected chi connectivity index (χ1v) is 7.49. The van der Waals surface area contributed by atoms with Crippen LogP contribution < -0.4 is 16.2 Å². The molecule has 2 aromatic rings. The fourth-order valence-corrected chi connectivity index (χ4v) is 2.42. The quantitative estimate of drug-likeness (QED) is 0.649. The van der Waals surface area contributed by atoms with Crippen LogP contribution in [0.1, 0.15) is 25.3 Å². The van der Waals surface area contributed by atoms with Gasteiger partial charge in [0.1, 0.15) is 0 Å². The van der Waals surface area contributed by atoms with E-state index in [1.165, 1.54) is 17.3 Å². The highest BCUT2D eigenvalue weighted by atomic mass is 32.2. The summed E-state index contributed by atoms with van der Waals surface area (Å²) < 4.78 is 0. The molecule has 0 aliphatic rings. The van der Waals surface area contributed by atoms with E-state index < -0.39 is 0 Å². The van der Waals surface area contributed by atoms with Gasteiger partial charge >= 0.3 is 0 Å². The fraction of sp³-hybridized carbons (Fsp3) is 0.357. The van der Waals surface area contributed by atoms with Gasteiger partial charge in [-0.15, -0.1) is 0 Å². The summed E-state index contributed by atoms with van der Waals surface area (Å²) in [7, 11) is 3.75. The lowest BCUT2D eigenvalue weighted by atomic mass is 10.0. The second kappa shape index (κ2) is 6.73. The highest BCUT2D eigenvalue weighted by molar-refractivity contribution is 7.99. The molecule has 0 saturated heterocycles. The van der Waals surface area contributed by atoms with E-state index in [1.54, 1.807) is 0 Å². The van der Waals surface area contributed by atoms with Gasteiger partial charge < -0.3 is 4.90 Å². The zero-order valence-electron chi connectivity index (χ0n) is 12.7. The molecule has 0 unspecified atom stereocenters. The molecule has 0 atom stereocenters. The van der Waals surface area contributed by atoms with Gasteiger partial charge in [-0.3, -0.25) is 5.43 Å². The van der Waals surface area contributed by atoms with Crippen molar-refractivity contribution in [3.05, 3.63) is 29.8 Å². The number of hydrogen-bond donors (Lipinski definition) is 2. The molecule has 1 aromatic carbocycles. The molecule has 0 aliphatic heterocycles. The average Bonchev–Trinajstić information content (AvgIpc) is 2.47. The Morgan fingerprint density at radius 1 is 1.10 bits per heavy atom. The number of nitrogen functional groups attached to an aromatic ring is 1. The summed E-state index contributed by atoms with van der Waals surface area (Å²) in [6, 6.07) is 8.41. The van der Waals surface area contributed by atoms with Crippen LogP contribution in [0.2, 0.25) is 0 Å². The van der Waals surface area contributed by atoms with Gasteiger partial charge in [0, 0.05) is 19.0 Å². The van der Waals surface area contributed by atoms with E-state index in [1.807, 2.05) is 19.0 Å². The van der Waals surface area contributed by atoms with Crippen molar-refractivity contribution in [2.75, 3.05) is 24.4 Å². The SMILES string of the molecule is CC(C)c1ccc(Sc2nc(NN)nc(N(C)C)n2)cc1. The van der Waals surface area contributed by atoms with Crippen LogP contribution in [0.5, 0.6) is 0 Å². The number of hydrazine groups is 1. The highest BCUT2D eigenvalue weighted by Gasteiger charge is 2.09. The number of benzene rings is 1. The molecule has 6 nitrogen and oxygen atoms in total. The minimum atomic E-state index is 0.356. The van der Waals surface area contributed by atoms with Crippen molar-refractivity contribution in [3.8, 4) is 0 Å². The third-order valence-electron chi connectivity index (χ3n) is 2.89. The van der Waals surface area contributed by atoms with Crippen molar-refractivity contribution in [2.24, 2.45) is 5.84 Å². The summed E-state index contributed by atoms with van der Waals surface area (Å²) in [5, 5.41) is 0.610. The number of aromatic nitrogens is 3. The topological polar surface area (TPSA) is 80.0 Å². The summed E-state index contributed by atoms with van der Waals surface area (Å²) in [6.45, 7) is 4.35. The van der Waals surface area contributed by atoms with Gasteiger partial charge in [-0.1, -0.05) is 26.0 Å². The molecule has 0 spiro atoms. The number of anilines is 2. The number of hydrogen-bond acceptors (Lipinski definition) is 7. The van der Waals surface area contributed by atoms with Gasteiger partial charge in [-0.2, -0.15) is 15.0 Å². The predicted molar refractivity (Wildman–Crippen MR) is 86.6 cm³/mol. The molecule has 0 bridgehead atoms. The van der Waals surface area contributed by atoms with Crippen molar-refractivity contribution < 1.29 is 0 Å². The summed E-state index contributed by atoms with van der Waals surface area (Å²) in [6.07, 6.45) is 0. The number of nitrogens with two attached hydrogens (primary N) is 1. The van der Waals surface area contributed by atoms with Crippen LogP contribution in [-0.4, -0.2) is 29.0 Å². The first-order valence-electron chi connectivity index (χ1n) is 6.67. The van der Waals surface area contributed by atoms with Crippen molar-refractivity contribution in [1.82, 2.24) is 15.0 Å². The van der Waals surface area contributed by atoms with Crippen LogP contribution in [-0.2, 0) is 0 Å². The van der Waals surface area contributed by atoms with E-state index in [0.29, 0.717) is 23.0 Å². The van der Waals surface area contributed by atoms with Crippen molar-refractivity contribution in [1.29, 1.82) is 0 Å². The summed E-state index contributed by atoms with van der Waals surface area (Å²) >= 11 is 1.48. The smallest absolute Gasteiger partial charge is 0.242 e. The Labute approximate surface area is 129 Å². The predicted octanol–water partition coefficient (Wildman–Crippen LogP) is 2.50. The molecule has 7 heteroatoms. The van der Waals surface area contributed by atoms with Gasteiger partial charge in [0.25, 0.3) is 0 Å². The minimum Gasteiger partial charge on any atom is -0.347 e. The number of nitrogens with one attached hydrogen (secondary N) is 1. The molecule has 21 heavy (non-hydrogen) atoms. The van der Waals surface area contributed by atoms with Crippen molar-refractivity contribution in [2.45, 2.75) is 29.8 Å². The van der Waals surface area contributed by atoms with E-state index in [-0.39, 0.29) is 0 Å². The zero-order valence-corrected chi connectivity index (χ0v) is 13.5. The molecular weight excluding hydrogens is 284 g/mol. The molecule has 0 fully saturated rings. The fourth-order valence-electron chi connectivity index (χ4n) is 1.68. The first kappa shape index (κ1) is 15.5. The Hall–Kier alpha value is -1.86. The van der Waals surface area contributed by atoms with Crippen molar-refractivity contribution in [3.63, 3.8) is 0 Å². The lowest BCUT2D eigenvalue weighted by molar-refractivity contribution is 0.861. The third-order valence-corrected chi connectivity index (χ3v) is 3.76.